The summed E-state index contributed by atoms with van der Waals surface area (Å²) in [6, 6.07) is 16.2. The second-order valence-corrected chi connectivity index (χ2v) is 10.1. The zero-order valence-electron chi connectivity index (χ0n) is 20.0. The molecule has 3 aliphatic rings. The van der Waals surface area contributed by atoms with Gasteiger partial charge in [-0.3, -0.25) is 9.59 Å². The van der Waals surface area contributed by atoms with E-state index in [2.05, 4.69) is 29.6 Å². The summed E-state index contributed by atoms with van der Waals surface area (Å²) >= 11 is 0. The minimum atomic E-state index is -0.832. The van der Waals surface area contributed by atoms with Crippen molar-refractivity contribution < 1.29 is 24.2 Å². The molecule has 0 aromatic heterocycles. The van der Waals surface area contributed by atoms with Gasteiger partial charge in [-0.1, -0.05) is 48.5 Å². The Morgan fingerprint density at radius 2 is 1.66 bits per heavy atom. The Balaban J connectivity index is 1.11. The molecule has 2 aliphatic carbocycles. The van der Waals surface area contributed by atoms with Gasteiger partial charge in [-0.25, -0.2) is 4.79 Å². The predicted molar refractivity (Wildman–Crippen MR) is 131 cm³/mol. The Hall–Kier alpha value is -3.35. The minimum Gasteiger partial charge on any atom is -0.481 e. The largest absolute Gasteiger partial charge is 0.481 e. The van der Waals surface area contributed by atoms with E-state index < -0.39 is 18.0 Å². The third-order valence-corrected chi connectivity index (χ3v) is 8.06. The number of nitrogens with one attached hydrogen (secondary N) is 1. The highest BCUT2D eigenvalue weighted by Crippen LogP contribution is 2.44. The highest BCUT2D eigenvalue weighted by Gasteiger charge is 2.39. The van der Waals surface area contributed by atoms with E-state index >= 15 is 0 Å². The van der Waals surface area contributed by atoms with E-state index in [1.165, 1.54) is 22.3 Å². The molecule has 0 spiro atoms. The normalized spacial score (nSPS) is 25.2. The maximum atomic E-state index is 12.8. The Kier molecular flexibility index (Phi) is 6.50. The topological polar surface area (TPSA) is 95.9 Å². The molecule has 1 saturated heterocycles. The van der Waals surface area contributed by atoms with E-state index in [1.807, 2.05) is 31.2 Å². The molecule has 7 nitrogen and oxygen atoms in total. The first-order valence-corrected chi connectivity index (χ1v) is 12.6. The van der Waals surface area contributed by atoms with Crippen LogP contribution in [-0.4, -0.2) is 53.2 Å². The van der Waals surface area contributed by atoms with Crippen LogP contribution in [0, 0.1) is 11.8 Å². The van der Waals surface area contributed by atoms with E-state index in [0.717, 1.165) is 19.3 Å². The summed E-state index contributed by atoms with van der Waals surface area (Å²) < 4.78 is 5.67. The summed E-state index contributed by atoms with van der Waals surface area (Å²) in [6.45, 7) is 2.61. The molecule has 0 radical (unpaired) electrons. The lowest BCUT2D eigenvalue weighted by molar-refractivity contribution is -0.143. The first-order valence-electron chi connectivity index (χ1n) is 12.6. The summed E-state index contributed by atoms with van der Waals surface area (Å²) in [7, 11) is 0. The van der Waals surface area contributed by atoms with Gasteiger partial charge in [0.25, 0.3) is 0 Å². The molecule has 2 aromatic carbocycles. The van der Waals surface area contributed by atoms with Crippen LogP contribution in [0.1, 0.15) is 56.1 Å². The number of carbonyl (C=O) groups is 3. The van der Waals surface area contributed by atoms with Gasteiger partial charge in [-0.05, 0) is 60.8 Å². The number of hydrogen-bond donors (Lipinski definition) is 2. The molecular weight excluding hydrogens is 444 g/mol. The van der Waals surface area contributed by atoms with Gasteiger partial charge < -0.3 is 20.1 Å². The smallest absolute Gasteiger partial charge is 0.407 e. The van der Waals surface area contributed by atoms with Crippen molar-refractivity contribution in [3.8, 4) is 11.1 Å². The van der Waals surface area contributed by atoms with Crippen LogP contribution in [0.15, 0.2) is 48.5 Å². The standard InChI is InChI=1S/C28H32N2O5/c1-17-20(27(32)33)12-13-30(17)26(31)15-18-10-11-19(14-18)29-28(34)35-16-25-23-8-4-2-6-21(23)22-7-3-5-9-24(22)25/h2-9,17-20,25H,10-16H2,1H3,(H,29,34)(H,32,33)/t17?,18-,19+,20?/m0/s1. The molecule has 2 N–H and O–H groups in total. The number of alkyl carbamates (subject to hydrolysis) is 1. The van der Waals surface area contributed by atoms with E-state index in [9.17, 15) is 19.5 Å². The number of hydrogen-bond acceptors (Lipinski definition) is 4. The van der Waals surface area contributed by atoms with E-state index in [-0.39, 0.29) is 36.4 Å². The zero-order chi connectivity index (χ0) is 24.5. The first-order chi connectivity index (χ1) is 16.9. The highest BCUT2D eigenvalue weighted by molar-refractivity contribution is 5.80. The van der Waals surface area contributed by atoms with Crippen LogP contribution in [0.2, 0.25) is 0 Å². The van der Waals surface area contributed by atoms with Gasteiger partial charge in [0, 0.05) is 31.0 Å². The third-order valence-electron chi connectivity index (χ3n) is 8.06. The van der Waals surface area contributed by atoms with Gasteiger partial charge in [0.15, 0.2) is 0 Å². The number of fused-ring (bicyclic) bond motifs is 3. The van der Waals surface area contributed by atoms with Crippen LogP contribution in [0.5, 0.6) is 0 Å². The van der Waals surface area contributed by atoms with E-state index in [1.54, 1.807) is 4.90 Å². The summed E-state index contributed by atoms with van der Waals surface area (Å²) in [5.74, 6) is -1.07. The molecule has 5 rings (SSSR count). The van der Waals surface area contributed by atoms with Crippen molar-refractivity contribution in [3.63, 3.8) is 0 Å². The monoisotopic (exact) mass is 476 g/mol. The fourth-order valence-electron chi connectivity index (χ4n) is 6.18. The van der Waals surface area contributed by atoms with Crippen molar-refractivity contribution >= 4 is 18.0 Å². The van der Waals surface area contributed by atoms with Crippen molar-refractivity contribution in [2.45, 2.75) is 57.0 Å². The number of amides is 2. The van der Waals surface area contributed by atoms with Gasteiger partial charge in [0.05, 0.1) is 5.92 Å². The fraction of sp³-hybridized carbons (Fsp3) is 0.464. The quantitative estimate of drug-likeness (QED) is 0.644. The van der Waals surface area contributed by atoms with Crippen LogP contribution in [0.4, 0.5) is 4.79 Å². The molecule has 1 heterocycles. The second kappa shape index (κ2) is 9.72. The number of carboxylic acid groups (broad SMARTS) is 1. The van der Waals surface area contributed by atoms with Crippen LogP contribution >= 0.6 is 0 Å². The van der Waals surface area contributed by atoms with Crippen LogP contribution in [0.25, 0.3) is 11.1 Å². The zero-order valence-corrected chi connectivity index (χ0v) is 20.0. The fourth-order valence-corrected chi connectivity index (χ4v) is 6.18. The summed E-state index contributed by atoms with van der Waals surface area (Å²) in [4.78, 5) is 38.4. The van der Waals surface area contributed by atoms with Crippen LogP contribution < -0.4 is 5.32 Å². The highest BCUT2D eigenvalue weighted by atomic mass is 16.5. The molecule has 2 unspecified atom stereocenters. The maximum absolute atomic E-state index is 12.8. The molecular formula is C28H32N2O5. The maximum Gasteiger partial charge on any atom is 0.407 e. The van der Waals surface area contributed by atoms with Gasteiger partial charge in [0.1, 0.15) is 6.61 Å². The average molecular weight is 477 g/mol. The van der Waals surface area contributed by atoms with Crippen molar-refractivity contribution in [1.82, 2.24) is 10.2 Å². The number of carboxylic acids is 1. The van der Waals surface area contributed by atoms with E-state index in [4.69, 9.17) is 4.74 Å². The lowest BCUT2D eigenvalue weighted by Gasteiger charge is -2.24. The second-order valence-electron chi connectivity index (χ2n) is 10.1. The molecule has 7 heteroatoms. The van der Waals surface area contributed by atoms with Gasteiger partial charge in [-0.15, -0.1) is 0 Å². The molecule has 35 heavy (non-hydrogen) atoms. The lowest BCUT2D eigenvalue weighted by Crippen LogP contribution is -2.38. The number of rotatable bonds is 6. The van der Waals surface area contributed by atoms with Gasteiger partial charge in [0.2, 0.25) is 5.91 Å². The van der Waals surface area contributed by atoms with E-state index in [0.29, 0.717) is 19.4 Å². The molecule has 2 fully saturated rings. The van der Waals surface area contributed by atoms with Crippen LogP contribution in [0.3, 0.4) is 0 Å². The molecule has 184 valence electrons. The summed E-state index contributed by atoms with van der Waals surface area (Å²) in [5, 5.41) is 12.3. The number of benzene rings is 2. The first kappa shape index (κ1) is 23.4. The minimum absolute atomic E-state index is 0.00813. The Bertz CT molecular complexity index is 1090. The average Bonchev–Trinajstić information content (AvgIpc) is 3.53. The molecule has 1 aliphatic heterocycles. The number of ether oxygens (including phenoxy) is 1. The number of likely N-dealkylation sites (tertiary alicyclic amines) is 1. The van der Waals surface area contributed by atoms with Crippen molar-refractivity contribution in [2.24, 2.45) is 11.8 Å². The molecule has 2 amide bonds. The van der Waals surface area contributed by atoms with Crippen LogP contribution in [-0.2, 0) is 14.3 Å². The van der Waals surface area contributed by atoms with Crippen molar-refractivity contribution in [1.29, 1.82) is 0 Å². The summed E-state index contributed by atoms with van der Waals surface area (Å²) in [5.41, 5.74) is 4.76. The Labute approximate surface area is 205 Å². The predicted octanol–water partition coefficient (Wildman–Crippen LogP) is 4.41. The molecule has 2 aromatic rings. The number of carbonyl (C=O) groups excluding carboxylic acids is 2. The van der Waals surface area contributed by atoms with Gasteiger partial charge >= 0.3 is 12.1 Å². The Morgan fingerprint density at radius 1 is 1.00 bits per heavy atom. The third kappa shape index (κ3) is 4.64. The molecule has 0 bridgehead atoms. The lowest BCUT2D eigenvalue weighted by atomic mass is 9.98. The summed E-state index contributed by atoms with van der Waals surface area (Å²) in [6.07, 6.45) is 2.92. The molecule has 4 atom stereocenters. The van der Waals surface area contributed by atoms with Crippen molar-refractivity contribution in [2.75, 3.05) is 13.2 Å². The number of nitrogens with zero attached hydrogens (tertiary/aromatic N) is 1. The van der Waals surface area contributed by atoms with Crippen molar-refractivity contribution in [3.05, 3.63) is 59.7 Å². The van der Waals surface area contributed by atoms with Gasteiger partial charge in [-0.2, -0.15) is 0 Å². The SMILES string of the molecule is CC1C(C(=O)O)CCN1C(=O)C[C@H]1CC[C@@H](NC(=O)OCC2c3ccccc3-c3ccccc32)C1. The Morgan fingerprint density at radius 3 is 2.29 bits per heavy atom. The molecule has 1 saturated carbocycles. The number of aliphatic carboxylic acids is 1.